The Hall–Kier alpha value is -2.15. The van der Waals surface area contributed by atoms with Crippen LogP contribution in [0.1, 0.15) is 0 Å². The van der Waals surface area contributed by atoms with Crippen molar-refractivity contribution < 1.29 is 14.6 Å². The summed E-state index contributed by atoms with van der Waals surface area (Å²) in [7, 11) is 0. The van der Waals surface area contributed by atoms with Gasteiger partial charge in [0.2, 0.25) is 0 Å². The van der Waals surface area contributed by atoms with Crippen molar-refractivity contribution in [3.63, 3.8) is 0 Å². The van der Waals surface area contributed by atoms with Crippen molar-refractivity contribution >= 4 is 38.4 Å². The first-order valence-corrected chi connectivity index (χ1v) is 6.89. The zero-order chi connectivity index (χ0) is 14.5. The lowest BCUT2D eigenvalue weighted by Crippen LogP contribution is -2.01. The number of rotatable bonds is 4. The predicted octanol–water partition coefficient (Wildman–Crippen LogP) is 3.48. The lowest BCUT2D eigenvalue weighted by molar-refractivity contribution is 0.255. The third-order valence-electron chi connectivity index (χ3n) is 2.55. The number of nitrogens with two attached hydrogens (primary N) is 1. The van der Waals surface area contributed by atoms with Crippen LogP contribution in [-0.4, -0.2) is 23.1 Å². The average Bonchev–Trinajstić information content (AvgIpc) is 2.44. The summed E-state index contributed by atoms with van der Waals surface area (Å²) in [4.78, 5) is 10.6. The maximum atomic E-state index is 10.6. The van der Waals surface area contributed by atoms with E-state index < -0.39 is 6.03 Å². The van der Waals surface area contributed by atoms with Gasteiger partial charge in [-0.2, -0.15) is 0 Å². The largest absolute Gasteiger partial charge is 0.505 e. The Morgan fingerprint density at radius 1 is 1.35 bits per heavy atom. The van der Waals surface area contributed by atoms with E-state index in [9.17, 15) is 9.90 Å². The van der Waals surface area contributed by atoms with Crippen LogP contribution in [0.25, 0.3) is 10.8 Å². The molecule has 0 spiro atoms. The second kappa shape index (κ2) is 6.33. The molecule has 0 aliphatic rings. The van der Waals surface area contributed by atoms with Crippen molar-refractivity contribution in [3.05, 3.63) is 30.3 Å². The van der Waals surface area contributed by atoms with E-state index in [-0.39, 0.29) is 11.4 Å². The molecule has 0 atom stereocenters. The number of hydrogen-bond acceptors (Lipinski definition) is 4. The quantitative estimate of drug-likeness (QED) is 0.660. The fourth-order valence-electron chi connectivity index (χ4n) is 1.70. The van der Waals surface area contributed by atoms with Crippen molar-refractivity contribution in [3.8, 4) is 11.5 Å². The molecular formula is C13H12BrN3O3. The maximum Gasteiger partial charge on any atom is 0.356 e. The van der Waals surface area contributed by atoms with Crippen LogP contribution in [0.3, 0.4) is 0 Å². The zero-order valence-electron chi connectivity index (χ0n) is 10.4. The van der Waals surface area contributed by atoms with Gasteiger partial charge in [-0.15, -0.1) is 5.11 Å². The summed E-state index contributed by atoms with van der Waals surface area (Å²) in [6.07, 6.45) is 0. The number of phenols is 1. The van der Waals surface area contributed by atoms with E-state index in [4.69, 9.17) is 10.5 Å². The molecule has 0 fully saturated rings. The number of ether oxygens (including phenoxy) is 1. The highest BCUT2D eigenvalue weighted by Crippen LogP contribution is 2.36. The molecule has 0 aromatic heterocycles. The fraction of sp³-hybridized carbons (Fsp3) is 0.154. The first kappa shape index (κ1) is 14.3. The lowest BCUT2D eigenvalue weighted by atomic mass is 10.1. The van der Waals surface area contributed by atoms with Crippen molar-refractivity contribution in [1.29, 1.82) is 0 Å². The molecule has 0 aliphatic heterocycles. The number of alkyl halides is 1. The number of aromatic hydroxyl groups is 1. The summed E-state index contributed by atoms with van der Waals surface area (Å²) in [5, 5.41) is 19.0. The van der Waals surface area contributed by atoms with Gasteiger partial charge in [0.15, 0.2) is 5.75 Å². The molecule has 3 N–H and O–H groups in total. The molecule has 104 valence electrons. The number of nitrogens with zero attached hydrogens (tertiary/aromatic N) is 2. The first-order valence-electron chi connectivity index (χ1n) is 5.77. The van der Waals surface area contributed by atoms with Gasteiger partial charge in [0.05, 0.1) is 6.61 Å². The van der Waals surface area contributed by atoms with Gasteiger partial charge in [-0.25, -0.2) is 4.79 Å². The molecule has 2 aromatic carbocycles. The molecule has 0 saturated heterocycles. The molecule has 20 heavy (non-hydrogen) atoms. The number of azo groups is 1. The van der Waals surface area contributed by atoms with Gasteiger partial charge >= 0.3 is 6.03 Å². The van der Waals surface area contributed by atoms with Crippen LogP contribution in [-0.2, 0) is 0 Å². The minimum absolute atomic E-state index is 0.0724. The standard InChI is InChI=1S/C13H12BrN3O3/c14-5-6-20-9-3-1-8-2-4-11(16-17-13(15)19)12(18)10(8)7-9/h1-4,7,18H,5-6H2,(H2,15,19). The highest BCUT2D eigenvalue weighted by atomic mass is 79.9. The summed E-state index contributed by atoms with van der Waals surface area (Å²) in [5.74, 6) is 0.563. The molecule has 0 unspecified atom stereocenters. The lowest BCUT2D eigenvalue weighted by Gasteiger charge is -2.07. The van der Waals surface area contributed by atoms with E-state index in [1.54, 1.807) is 18.2 Å². The second-order valence-corrected chi connectivity index (χ2v) is 4.68. The molecule has 2 aromatic rings. The fourth-order valence-corrected chi connectivity index (χ4v) is 1.86. The van der Waals surface area contributed by atoms with Gasteiger partial charge in [0.25, 0.3) is 0 Å². The monoisotopic (exact) mass is 337 g/mol. The number of hydrogen-bond donors (Lipinski definition) is 2. The van der Waals surface area contributed by atoms with Crippen molar-refractivity contribution in [1.82, 2.24) is 0 Å². The summed E-state index contributed by atoms with van der Waals surface area (Å²) >= 11 is 3.27. The van der Waals surface area contributed by atoms with Crippen LogP contribution in [0.4, 0.5) is 10.5 Å². The highest BCUT2D eigenvalue weighted by molar-refractivity contribution is 9.09. The van der Waals surface area contributed by atoms with Gasteiger partial charge in [-0.05, 0) is 23.6 Å². The summed E-state index contributed by atoms with van der Waals surface area (Å²) < 4.78 is 5.47. The number of urea groups is 1. The van der Waals surface area contributed by atoms with E-state index in [0.717, 1.165) is 5.39 Å². The molecule has 2 amide bonds. The summed E-state index contributed by atoms with van der Waals surface area (Å²) in [6, 6.07) is 7.75. The van der Waals surface area contributed by atoms with Gasteiger partial charge < -0.3 is 15.6 Å². The Morgan fingerprint density at radius 3 is 2.80 bits per heavy atom. The Morgan fingerprint density at radius 2 is 2.10 bits per heavy atom. The van der Waals surface area contributed by atoms with Crippen molar-refractivity contribution in [2.75, 3.05) is 11.9 Å². The topological polar surface area (TPSA) is 97.3 Å². The number of amides is 2. The molecule has 6 nitrogen and oxygen atoms in total. The third kappa shape index (κ3) is 3.24. The number of carbonyl (C=O) groups is 1. The van der Waals surface area contributed by atoms with Crippen LogP contribution in [0.15, 0.2) is 40.6 Å². The number of fused-ring (bicyclic) bond motifs is 1. The normalized spacial score (nSPS) is 11.1. The van der Waals surface area contributed by atoms with Gasteiger partial charge in [0.1, 0.15) is 11.4 Å². The Labute approximate surface area is 123 Å². The second-order valence-electron chi connectivity index (χ2n) is 3.89. The molecule has 2 rings (SSSR count). The molecule has 0 saturated carbocycles. The molecule has 0 heterocycles. The van der Waals surface area contributed by atoms with Crippen LogP contribution >= 0.6 is 15.9 Å². The maximum absolute atomic E-state index is 10.6. The smallest absolute Gasteiger partial charge is 0.356 e. The van der Waals surface area contributed by atoms with E-state index in [0.29, 0.717) is 23.1 Å². The van der Waals surface area contributed by atoms with Crippen molar-refractivity contribution in [2.24, 2.45) is 16.0 Å². The predicted molar refractivity (Wildman–Crippen MR) is 79.0 cm³/mol. The van der Waals surface area contributed by atoms with E-state index >= 15 is 0 Å². The molecule has 0 aliphatic carbocycles. The first-order chi connectivity index (χ1) is 9.61. The average molecular weight is 338 g/mol. The highest BCUT2D eigenvalue weighted by Gasteiger charge is 2.07. The van der Waals surface area contributed by atoms with Crippen LogP contribution in [0, 0.1) is 0 Å². The SMILES string of the molecule is NC(=O)N=Nc1ccc2ccc(OCCBr)cc2c1O. The Balaban J connectivity index is 2.44. The van der Waals surface area contributed by atoms with Gasteiger partial charge in [0, 0.05) is 10.7 Å². The van der Waals surface area contributed by atoms with E-state index in [2.05, 4.69) is 26.2 Å². The number of carbonyl (C=O) groups excluding carboxylic acids is 1. The zero-order valence-corrected chi connectivity index (χ0v) is 12.0. The Kier molecular flexibility index (Phi) is 4.52. The van der Waals surface area contributed by atoms with Crippen LogP contribution in [0.5, 0.6) is 11.5 Å². The summed E-state index contributed by atoms with van der Waals surface area (Å²) in [6.45, 7) is 0.521. The number of phenolic OH excluding ortho intramolecular Hbond substituents is 1. The number of halogens is 1. The summed E-state index contributed by atoms with van der Waals surface area (Å²) in [5.41, 5.74) is 5.05. The molecular weight excluding hydrogens is 326 g/mol. The van der Waals surface area contributed by atoms with Gasteiger partial charge in [-0.3, -0.25) is 0 Å². The minimum atomic E-state index is -0.918. The number of benzene rings is 2. The van der Waals surface area contributed by atoms with Crippen LogP contribution in [0.2, 0.25) is 0 Å². The third-order valence-corrected chi connectivity index (χ3v) is 2.87. The molecule has 0 radical (unpaired) electrons. The molecule has 0 bridgehead atoms. The molecule has 7 heteroatoms. The van der Waals surface area contributed by atoms with Gasteiger partial charge in [-0.1, -0.05) is 33.2 Å². The van der Waals surface area contributed by atoms with Crippen molar-refractivity contribution in [2.45, 2.75) is 0 Å². The number of primary amides is 1. The van der Waals surface area contributed by atoms with Crippen LogP contribution < -0.4 is 10.5 Å². The van der Waals surface area contributed by atoms with E-state index in [1.807, 2.05) is 12.1 Å². The Bertz CT molecular complexity index is 673. The van der Waals surface area contributed by atoms with E-state index in [1.165, 1.54) is 0 Å². The minimum Gasteiger partial charge on any atom is -0.505 e.